The summed E-state index contributed by atoms with van der Waals surface area (Å²) in [6.45, 7) is 0. The first-order chi connectivity index (χ1) is 9.56. The summed E-state index contributed by atoms with van der Waals surface area (Å²) in [5.41, 5.74) is 9.59. The van der Waals surface area contributed by atoms with Crippen LogP contribution in [0.2, 0.25) is 5.02 Å². The Morgan fingerprint density at radius 1 is 1.60 bits per heavy atom. The number of amidine groups is 1. The number of rotatable bonds is 5. The summed E-state index contributed by atoms with van der Waals surface area (Å²) in [5, 5.41) is 20.4. The van der Waals surface area contributed by atoms with Gasteiger partial charge in [0.1, 0.15) is 11.8 Å². The van der Waals surface area contributed by atoms with Crippen LogP contribution in [0, 0.1) is 16.7 Å². The molecular weight excluding hydrogens is 278 g/mol. The Labute approximate surface area is 121 Å². The molecule has 1 aromatic rings. The Morgan fingerprint density at radius 3 is 2.80 bits per heavy atom. The molecule has 0 spiro atoms. The van der Waals surface area contributed by atoms with E-state index >= 15 is 0 Å². The zero-order valence-electron chi connectivity index (χ0n) is 10.9. The van der Waals surface area contributed by atoms with Crippen LogP contribution in [0.5, 0.6) is 5.75 Å². The van der Waals surface area contributed by atoms with Crippen molar-refractivity contribution in [3.05, 3.63) is 22.7 Å². The van der Waals surface area contributed by atoms with E-state index in [1.54, 1.807) is 12.1 Å². The third-order valence-corrected chi connectivity index (χ3v) is 3.29. The van der Waals surface area contributed by atoms with Crippen LogP contribution in [0.25, 0.3) is 0 Å². The van der Waals surface area contributed by atoms with Crippen molar-refractivity contribution in [2.75, 3.05) is 12.5 Å². The number of halogens is 1. The summed E-state index contributed by atoms with van der Waals surface area (Å²) in [6, 6.07) is 5.33. The number of nitrogens with one attached hydrogen (secondary N) is 2. The SMILES string of the molecule is COc1cc(N/N=C(\C#N)C(=N)N)c(C2CC2)cc1Cl. The van der Waals surface area contributed by atoms with Gasteiger partial charge >= 0.3 is 0 Å². The Kier molecular flexibility index (Phi) is 4.11. The summed E-state index contributed by atoms with van der Waals surface area (Å²) in [5.74, 6) is 0.586. The van der Waals surface area contributed by atoms with Crippen molar-refractivity contribution in [2.45, 2.75) is 18.8 Å². The molecule has 1 aliphatic rings. The van der Waals surface area contributed by atoms with Crippen LogP contribution in [0.4, 0.5) is 5.69 Å². The fourth-order valence-corrected chi connectivity index (χ4v) is 2.06. The maximum atomic E-state index is 8.82. The first-order valence-corrected chi connectivity index (χ1v) is 6.40. The summed E-state index contributed by atoms with van der Waals surface area (Å²) in [4.78, 5) is 0. The zero-order chi connectivity index (χ0) is 14.7. The van der Waals surface area contributed by atoms with Gasteiger partial charge in [-0.1, -0.05) is 11.6 Å². The number of nitriles is 1. The normalized spacial score (nSPS) is 14.6. The second-order valence-corrected chi connectivity index (χ2v) is 4.85. The number of anilines is 1. The number of methoxy groups -OCH3 is 1. The molecule has 4 N–H and O–H groups in total. The van der Waals surface area contributed by atoms with E-state index < -0.39 is 0 Å². The van der Waals surface area contributed by atoms with Crippen LogP contribution < -0.4 is 15.9 Å². The molecule has 104 valence electrons. The lowest BCUT2D eigenvalue weighted by molar-refractivity contribution is 0.415. The summed E-state index contributed by atoms with van der Waals surface area (Å²) in [7, 11) is 1.53. The molecule has 2 rings (SSSR count). The molecular formula is C13H14ClN5O. The van der Waals surface area contributed by atoms with Crippen LogP contribution in [0.15, 0.2) is 17.2 Å². The molecule has 0 aromatic heterocycles. The van der Waals surface area contributed by atoms with E-state index in [2.05, 4.69) is 10.5 Å². The number of benzene rings is 1. The van der Waals surface area contributed by atoms with E-state index in [1.165, 1.54) is 7.11 Å². The number of nitrogens with two attached hydrogens (primary N) is 1. The maximum Gasteiger partial charge on any atom is 0.201 e. The van der Waals surface area contributed by atoms with Gasteiger partial charge in [-0.25, -0.2) is 0 Å². The summed E-state index contributed by atoms with van der Waals surface area (Å²) in [6.07, 6.45) is 2.19. The minimum absolute atomic E-state index is 0.166. The van der Waals surface area contributed by atoms with Gasteiger partial charge in [0.15, 0.2) is 5.84 Å². The Morgan fingerprint density at radius 2 is 2.30 bits per heavy atom. The van der Waals surface area contributed by atoms with Crippen molar-refractivity contribution in [2.24, 2.45) is 10.8 Å². The van der Waals surface area contributed by atoms with Crippen molar-refractivity contribution in [3.8, 4) is 11.8 Å². The Balaban J connectivity index is 2.35. The lowest BCUT2D eigenvalue weighted by Gasteiger charge is -2.12. The number of hydrazone groups is 1. The summed E-state index contributed by atoms with van der Waals surface area (Å²) < 4.78 is 5.17. The fraction of sp³-hybridized carbons (Fsp3) is 0.308. The van der Waals surface area contributed by atoms with Gasteiger partial charge in [-0.3, -0.25) is 10.8 Å². The van der Waals surface area contributed by atoms with Crippen LogP contribution in [0.1, 0.15) is 24.3 Å². The molecule has 0 saturated heterocycles. The molecule has 1 aromatic carbocycles. The molecule has 1 saturated carbocycles. The molecule has 0 amide bonds. The molecule has 1 aliphatic carbocycles. The molecule has 0 heterocycles. The average Bonchev–Trinajstić information content (AvgIpc) is 3.24. The summed E-state index contributed by atoms with van der Waals surface area (Å²) >= 11 is 6.12. The van der Waals surface area contributed by atoms with Gasteiger partial charge in [0, 0.05) is 6.07 Å². The van der Waals surface area contributed by atoms with E-state index in [4.69, 9.17) is 32.7 Å². The van der Waals surface area contributed by atoms with E-state index in [1.807, 2.05) is 6.07 Å². The first-order valence-electron chi connectivity index (χ1n) is 6.02. The fourth-order valence-electron chi connectivity index (χ4n) is 1.82. The molecule has 0 unspecified atom stereocenters. The van der Waals surface area contributed by atoms with Crippen molar-refractivity contribution >= 4 is 28.8 Å². The molecule has 0 aliphatic heterocycles. The third kappa shape index (κ3) is 3.00. The van der Waals surface area contributed by atoms with Gasteiger partial charge in [0.2, 0.25) is 5.71 Å². The number of hydrogen-bond acceptors (Lipinski definition) is 5. The second-order valence-electron chi connectivity index (χ2n) is 4.45. The number of ether oxygens (including phenoxy) is 1. The first kappa shape index (κ1) is 14.2. The minimum Gasteiger partial charge on any atom is -0.495 e. The molecule has 7 heteroatoms. The van der Waals surface area contributed by atoms with Crippen molar-refractivity contribution in [3.63, 3.8) is 0 Å². The Hall–Kier alpha value is -2.26. The van der Waals surface area contributed by atoms with E-state index in [0.29, 0.717) is 22.4 Å². The second kappa shape index (κ2) is 5.80. The van der Waals surface area contributed by atoms with Gasteiger partial charge in [-0.2, -0.15) is 10.4 Å². The van der Waals surface area contributed by atoms with Crippen LogP contribution in [0.3, 0.4) is 0 Å². The quantitative estimate of drug-likeness (QED) is 0.440. The van der Waals surface area contributed by atoms with Crippen LogP contribution >= 0.6 is 11.6 Å². The molecule has 6 nitrogen and oxygen atoms in total. The third-order valence-electron chi connectivity index (χ3n) is 2.99. The van der Waals surface area contributed by atoms with Gasteiger partial charge in [0.05, 0.1) is 17.8 Å². The van der Waals surface area contributed by atoms with Crippen LogP contribution in [-0.2, 0) is 0 Å². The monoisotopic (exact) mass is 291 g/mol. The predicted molar refractivity (Wildman–Crippen MR) is 78.6 cm³/mol. The number of hydrogen-bond donors (Lipinski definition) is 3. The van der Waals surface area contributed by atoms with Gasteiger partial charge in [0.25, 0.3) is 0 Å². The van der Waals surface area contributed by atoms with E-state index in [-0.39, 0.29) is 11.5 Å². The highest BCUT2D eigenvalue weighted by Crippen LogP contribution is 2.46. The molecule has 0 radical (unpaired) electrons. The van der Waals surface area contributed by atoms with Gasteiger partial charge < -0.3 is 10.5 Å². The largest absolute Gasteiger partial charge is 0.495 e. The maximum absolute atomic E-state index is 8.82. The van der Waals surface area contributed by atoms with Crippen LogP contribution in [-0.4, -0.2) is 18.7 Å². The van der Waals surface area contributed by atoms with Crippen molar-refractivity contribution in [1.82, 2.24) is 0 Å². The van der Waals surface area contributed by atoms with Crippen molar-refractivity contribution in [1.29, 1.82) is 10.7 Å². The Bertz CT molecular complexity index is 616. The number of nitrogens with zero attached hydrogens (tertiary/aromatic N) is 2. The lowest BCUT2D eigenvalue weighted by atomic mass is 10.1. The minimum atomic E-state index is -0.381. The molecule has 20 heavy (non-hydrogen) atoms. The molecule has 1 fully saturated rings. The molecule has 0 atom stereocenters. The lowest BCUT2D eigenvalue weighted by Crippen LogP contribution is -2.22. The zero-order valence-corrected chi connectivity index (χ0v) is 11.7. The highest BCUT2D eigenvalue weighted by molar-refractivity contribution is 6.45. The van der Waals surface area contributed by atoms with Gasteiger partial charge in [-0.05, 0) is 30.4 Å². The van der Waals surface area contributed by atoms with E-state index in [9.17, 15) is 0 Å². The smallest absolute Gasteiger partial charge is 0.201 e. The van der Waals surface area contributed by atoms with Crippen molar-refractivity contribution < 1.29 is 4.74 Å². The predicted octanol–water partition coefficient (Wildman–Crippen LogP) is 2.45. The topological polar surface area (TPSA) is 107 Å². The standard InChI is InChI=1S/C13H14ClN5O/c1-20-12-5-10(18-19-11(6-15)13(16)17)8(4-9(12)14)7-2-3-7/h4-5,7,18H,2-3H2,1H3,(H3,16,17)/b19-11+. The average molecular weight is 292 g/mol. The highest BCUT2D eigenvalue weighted by Gasteiger charge is 2.27. The highest BCUT2D eigenvalue weighted by atomic mass is 35.5. The van der Waals surface area contributed by atoms with Gasteiger partial charge in [-0.15, -0.1) is 0 Å². The van der Waals surface area contributed by atoms with E-state index in [0.717, 1.165) is 18.4 Å². The molecule has 0 bridgehead atoms.